The van der Waals surface area contributed by atoms with E-state index in [0.29, 0.717) is 4.90 Å². The number of ether oxygens (including phenoxy) is 1. The molecule has 0 bridgehead atoms. The summed E-state index contributed by atoms with van der Waals surface area (Å²) in [6.07, 6.45) is 7.39. The number of hydrogen-bond donors (Lipinski definition) is 1. The van der Waals surface area contributed by atoms with Gasteiger partial charge in [0.2, 0.25) is 0 Å². The highest BCUT2D eigenvalue weighted by Crippen LogP contribution is 2.23. The molecule has 1 aromatic rings. The maximum Gasteiger partial charge on any atom is 0.141 e. The highest BCUT2D eigenvalue weighted by atomic mass is 32.2. The van der Waals surface area contributed by atoms with Gasteiger partial charge in [-0.05, 0) is 43.3 Å². The van der Waals surface area contributed by atoms with Crippen molar-refractivity contribution in [2.45, 2.75) is 18.7 Å². The molecule has 2 rings (SSSR count). The summed E-state index contributed by atoms with van der Waals surface area (Å²) in [5.74, 6) is 1.61. The number of allylic oxidation sites excluding steroid dienone is 3. The lowest BCUT2D eigenvalue weighted by atomic mass is 10.1. The number of amidine groups is 1. The first-order valence-electron chi connectivity index (χ1n) is 7.23. The Kier molecular flexibility index (Phi) is 8.46. The monoisotopic (exact) mass is 345 g/mol. The number of aliphatic imine (C=N–C) groups is 1. The fourth-order valence-corrected chi connectivity index (χ4v) is 2.29. The first kappa shape index (κ1) is 19.6. The van der Waals surface area contributed by atoms with Crippen molar-refractivity contribution in [3.8, 4) is 0 Å². The van der Waals surface area contributed by atoms with Gasteiger partial charge in [0, 0.05) is 16.7 Å². The van der Waals surface area contributed by atoms with Gasteiger partial charge < -0.3 is 14.6 Å². The second kappa shape index (κ2) is 10.4. The third-order valence-electron chi connectivity index (χ3n) is 3.04. The van der Waals surface area contributed by atoms with E-state index in [0.717, 1.165) is 22.7 Å². The summed E-state index contributed by atoms with van der Waals surface area (Å²) in [5, 5.41) is 2.99. The molecule has 0 amide bonds. The summed E-state index contributed by atoms with van der Waals surface area (Å²) in [6.45, 7) is 7.50. The van der Waals surface area contributed by atoms with Gasteiger partial charge in [0.05, 0.1) is 12.7 Å². The minimum atomic E-state index is -2.08. The molecule has 128 valence electrons. The maximum atomic E-state index is 10.2. The molecule has 0 aromatic heterocycles. The van der Waals surface area contributed by atoms with Crippen LogP contribution >= 0.6 is 0 Å². The molecule has 1 aliphatic rings. The zero-order valence-corrected chi connectivity index (χ0v) is 14.8. The van der Waals surface area contributed by atoms with Crippen LogP contribution in [0.25, 0.3) is 0 Å². The molecule has 1 unspecified atom stereocenters. The van der Waals surface area contributed by atoms with Gasteiger partial charge in [-0.2, -0.15) is 0 Å². The predicted octanol–water partition coefficient (Wildman–Crippen LogP) is 3.44. The van der Waals surface area contributed by atoms with E-state index in [1.165, 1.54) is 0 Å². The minimum Gasteiger partial charge on any atom is -0.768 e. The van der Waals surface area contributed by atoms with Crippen LogP contribution in [0.4, 0.5) is 0 Å². The van der Waals surface area contributed by atoms with E-state index in [2.05, 4.69) is 16.9 Å². The smallest absolute Gasteiger partial charge is 0.141 e. The zero-order valence-electron chi connectivity index (χ0n) is 14.0. The second-order valence-corrected chi connectivity index (χ2v) is 5.53. The average Bonchev–Trinajstić information content (AvgIpc) is 2.99. The lowest BCUT2D eigenvalue weighted by molar-refractivity contribution is 0.291. The van der Waals surface area contributed by atoms with Crippen molar-refractivity contribution in [3.63, 3.8) is 0 Å². The highest BCUT2D eigenvalue weighted by Gasteiger charge is 2.18. The lowest BCUT2D eigenvalue weighted by Crippen LogP contribution is -2.19. The van der Waals surface area contributed by atoms with Crippen LogP contribution in [0.15, 0.2) is 88.3 Å². The Hall–Kier alpha value is -2.44. The van der Waals surface area contributed by atoms with E-state index in [1.54, 1.807) is 43.6 Å². The molecule has 0 saturated heterocycles. The third-order valence-corrected chi connectivity index (χ3v) is 3.69. The lowest BCUT2D eigenvalue weighted by Gasteiger charge is -2.09. The zero-order chi connectivity index (χ0) is 17.9. The van der Waals surface area contributed by atoms with E-state index in [9.17, 15) is 8.76 Å². The molecule has 1 aromatic carbocycles. The largest absolute Gasteiger partial charge is 0.768 e. The Bertz CT molecular complexity index is 704. The van der Waals surface area contributed by atoms with Crippen molar-refractivity contribution >= 4 is 16.9 Å². The van der Waals surface area contributed by atoms with Crippen molar-refractivity contribution in [2.24, 2.45) is 4.99 Å². The molecule has 0 saturated carbocycles. The molecular weight excluding hydrogens is 324 g/mol. The maximum absolute atomic E-state index is 10.2. The van der Waals surface area contributed by atoms with Crippen LogP contribution in [0, 0.1) is 0 Å². The van der Waals surface area contributed by atoms with Crippen LogP contribution in [0.2, 0.25) is 0 Å². The average molecular weight is 345 g/mol. The van der Waals surface area contributed by atoms with Gasteiger partial charge in [-0.1, -0.05) is 36.9 Å². The Morgan fingerprint density at radius 2 is 2.04 bits per heavy atom. The number of benzene rings is 1. The summed E-state index contributed by atoms with van der Waals surface area (Å²) >= 11 is -2.08. The second-order valence-electron chi connectivity index (χ2n) is 4.59. The van der Waals surface area contributed by atoms with E-state index < -0.39 is 11.1 Å². The van der Waals surface area contributed by atoms with Crippen LogP contribution in [0.5, 0.6) is 0 Å². The summed E-state index contributed by atoms with van der Waals surface area (Å²) in [4.78, 5) is 4.59. The van der Waals surface area contributed by atoms with Crippen LogP contribution < -0.4 is 5.32 Å². The van der Waals surface area contributed by atoms with Crippen molar-refractivity contribution < 1.29 is 13.5 Å². The topological polar surface area (TPSA) is 73.8 Å². The van der Waals surface area contributed by atoms with Gasteiger partial charge in [-0.15, -0.1) is 0 Å². The summed E-state index contributed by atoms with van der Waals surface area (Å²) in [7, 11) is 1.65. The molecule has 1 aliphatic heterocycles. The summed E-state index contributed by atoms with van der Waals surface area (Å²) in [5.41, 5.74) is 2.02. The first-order chi connectivity index (χ1) is 11.5. The molecule has 0 radical (unpaired) electrons. The SMILES string of the molecule is C=CNC1=NC=C(/C=C/C)/C1=C(/C)OC.O=S([O-])c1ccccc1. The number of nitrogens with one attached hydrogen (secondary N) is 1. The van der Waals surface area contributed by atoms with E-state index >= 15 is 0 Å². The molecule has 0 spiro atoms. The summed E-state index contributed by atoms with van der Waals surface area (Å²) < 4.78 is 25.6. The molecule has 1 heterocycles. The van der Waals surface area contributed by atoms with Gasteiger partial charge in [0.1, 0.15) is 11.6 Å². The van der Waals surface area contributed by atoms with Crippen LogP contribution in [0.1, 0.15) is 13.8 Å². The van der Waals surface area contributed by atoms with Gasteiger partial charge in [0.25, 0.3) is 0 Å². The van der Waals surface area contributed by atoms with Gasteiger partial charge in [-0.3, -0.25) is 4.21 Å². The normalized spacial score (nSPS) is 16.5. The Labute approximate surface area is 145 Å². The minimum absolute atomic E-state index is 0.331. The van der Waals surface area contributed by atoms with E-state index in [1.807, 2.05) is 32.2 Å². The Balaban J connectivity index is 0.000000272. The quantitative estimate of drug-likeness (QED) is 0.670. The molecule has 6 heteroatoms. The number of rotatable bonds is 4. The highest BCUT2D eigenvalue weighted by molar-refractivity contribution is 7.79. The molecule has 24 heavy (non-hydrogen) atoms. The van der Waals surface area contributed by atoms with E-state index in [4.69, 9.17) is 4.74 Å². The van der Waals surface area contributed by atoms with Crippen molar-refractivity contribution in [1.29, 1.82) is 0 Å². The number of nitrogens with zero attached hydrogens (tertiary/aromatic N) is 1. The fraction of sp³-hybridized carbons (Fsp3) is 0.167. The van der Waals surface area contributed by atoms with Gasteiger partial charge in [-0.25, -0.2) is 4.99 Å². The standard InChI is InChI=1S/C12H16N2O.C6H6O2S/c1-5-7-10-8-14-12(13-6-2)11(10)9(3)15-4;7-9(8)6-4-2-1-3-5-6/h5-8H,2H2,1,3-4H3,(H,13,14);1-5H,(H,7,8)/p-1/b7-5+,11-9+;. The number of methoxy groups -OCH3 is 1. The third kappa shape index (κ3) is 5.64. The van der Waals surface area contributed by atoms with Crippen LogP contribution in [0.3, 0.4) is 0 Å². The van der Waals surface area contributed by atoms with Gasteiger partial charge in [0.15, 0.2) is 0 Å². The number of hydrogen-bond acceptors (Lipinski definition) is 5. The molecule has 1 N–H and O–H groups in total. The van der Waals surface area contributed by atoms with Gasteiger partial charge >= 0.3 is 0 Å². The van der Waals surface area contributed by atoms with Crippen molar-refractivity contribution in [1.82, 2.24) is 5.32 Å². The molecule has 5 nitrogen and oxygen atoms in total. The van der Waals surface area contributed by atoms with Crippen LogP contribution in [-0.4, -0.2) is 21.7 Å². The fourth-order valence-electron chi connectivity index (χ4n) is 1.92. The molecule has 1 atom stereocenters. The Morgan fingerprint density at radius 1 is 1.38 bits per heavy atom. The predicted molar refractivity (Wildman–Crippen MR) is 97.0 cm³/mol. The summed E-state index contributed by atoms with van der Waals surface area (Å²) in [6, 6.07) is 8.23. The van der Waals surface area contributed by atoms with Crippen LogP contribution in [-0.2, 0) is 15.8 Å². The molecular formula is C18H21N2O3S-. The van der Waals surface area contributed by atoms with Crippen molar-refractivity contribution in [3.05, 3.63) is 78.4 Å². The van der Waals surface area contributed by atoms with E-state index in [-0.39, 0.29) is 0 Å². The molecule has 0 aliphatic carbocycles. The van der Waals surface area contributed by atoms with Crippen molar-refractivity contribution in [2.75, 3.05) is 7.11 Å². The Morgan fingerprint density at radius 3 is 2.50 bits per heavy atom. The molecule has 0 fully saturated rings. The first-order valence-corrected chi connectivity index (χ1v) is 8.30.